The minimum absolute atomic E-state index is 0.00212. The Labute approximate surface area is 189 Å². The van der Waals surface area contributed by atoms with E-state index in [1.807, 2.05) is 0 Å². The van der Waals surface area contributed by atoms with Crippen molar-refractivity contribution in [3.63, 3.8) is 0 Å². The number of sulfonamides is 1. The monoisotopic (exact) mass is 492 g/mol. The van der Waals surface area contributed by atoms with Crippen molar-refractivity contribution >= 4 is 56.7 Å². The Morgan fingerprint density at radius 2 is 1.67 bits per heavy atom. The van der Waals surface area contributed by atoms with E-state index in [9.17, 15) is 18.0 Å². The Balaban J connectivity index is 2.04. The zero-order valence-corrected chi connectivity index (χ0v) is 19.4. The van der Waals surface area contributed by atoms with Crippen LogP contribution < -0.4 is 5.32 Å². The highest BCUT2D eigenvalue weighted by molar-refractivity contribution is 7.89. The summed E-state index contributed by atoms with van der Waals surface area (Å²) in [7, 11) is -1.04. The lowest BCUT2D eigenvalue weighted by Crippen LogP contribution is -2.31. The standard InChI is InChI=1S/C19H19Cl3N2O5S/c1-11(12-4-6-16(21)17(22)8-12)23-18(25)10-29-19(26)14-9-13(5-7-15(14)20)30(27,28)24(2)3/h4-9,11H,10H2,1-3H3,(H,23,25). The minimum atomic E-state index is -3.77. The molecule has 1 amide bonds. The van der Waals surface area contributed by atoms with E-state index in [0.29, 0.717) is 15.6 Å². The number of benzene rings is 2. The van der Waals surface area contributed by atoms with Crippen LogP contribution >= 0.6 is 34.8 Å². The molecule has 30 heavy (non-hydrogen) atoms. The third-order valence-electron chi connectivity index (χ3n) is 4.09. The van der Waals surface area contributed by atoms with Crippen LogP contribution in [0.15, 0.2) is 41.3 Å². The first-order chi connectivity index (χ1) is 13.9. The number of carbonyl (C=O) groups is 2. The first kappa shape index (κ1) is 24.4. The van der Waals surface area contributed by atoms with Gasteiger partial charge in [-0.15, -0.1) is 0 Å². The topological polar surface area (TPSA) is 92.8 Å². The molecule has 162 valence electrons. The van der Waals surface area contributed by atoms with Crippen LogP contribution in [0, 0.1) is 0 Å². The van der Waals surface area contributed by atoms with E-state index < -0.39 is 34.5 Å². The van der Waals surface area contributed by atoms with Crippen molar-refractivity contribution in [2.75, 3.05) is 20.7 Å². The van der Waals surface area contributed by atoms with Crippen molar-refractivity contribution in [2.45, 2.75) is 17.9 Å². The maximum atomic E-state index is 12.3. The van der Waals surface area contributed by atoms with Gasteiger partial charge >= 0.3 is 5.97 Å². The summed E-state index contributed by atoms with van der Waals surface area (Å²) < 4.78 is 30.5. The molecule has 0 saturated heterocycles. The molecule has 0 heterocycles. The fraction of sp³-hybridized carbons (Fsp3) is 0.263. The number of nitrogens with zero attached hydrogens (tertiary/aromatic N) is 1. The lowest BCUT2D eigenvalue weighted by atomic mass is 10.1. The van der Waals surface area contributed by atoms with Gasteiger partial charge in [0.1, 0.15) is 0 Å². The van der Waals surface area contributed by atoms with Gasteiger partial charge in [0.05, 0.1) is 31.6 Å². The van der Waals surface area contributed by atoms with Gasteiger partial charge in [-0.1, -0.05) is 40.9 Å². The summed E-state index contributed by atoms with van der Waals surface area (Å²) >= 11 is 17.8. The highest BCUT2D eigenvalue weighted by Crippen LogP contribution is 2.26. The summed E-state index contributed by atoms with van der Waals surface area (Å²) in [5, 5.41) is 3.41. The Kier molecular flexibility index (Phi) is 8.13. The van der Waals surface area contributed by atoms with Gasteiger partial charge < -0.3 is 10.1 Å². The number of nitrogens with one attached hydrogen (secondary N) is 1. The smallest absolute Gasteiger partial charge is 0.340 e. The average molecular weight is 494 g/mol. The first-order valence-corrected chi connectivity index (χ1v) is 11.1. The van der Waals surface area contributed by atoms with Crippen LogP contribution in [0.25, 0.3) is 0 Å². The van der Waals surface area contributed by atoms with Crippen LogP contribution in [-0.4, -0.2) is 45.3 Å². The molecule has 0 aliphatic heterocycles. The molecule has 2 aromatic rings. The molecule has 2 rings (SSSR count). The van der Waals surface area contributed by atoms with Gasteiger partial charge in [0.2, 0.25) is 10.0 Å². The Morgan fingerprint density at radius 1 is 1.03 bits per heavy atom. The van der Waals surface area contributed by atoms with Gasteiger partial charge in [-0.05, 0) is 42.8 Å². The lowest BCUT2D eigenvalue weighted by Gasteiger charge is -2.15. The van der Waals surface area contributed by atoms with Crippen molar-refractivity contribution in [1.82, 2.24) is 9.62 Å². The number of halogens is 3. The molecule has 0 aliphatic rings. The molecule has 0 saturated carbocycles. The Morgan fingerprint density at radius 3 is 2.27 bits per heavy atom. The molecule has 0 radical (unpaired) electrons. The summed E-state index contributed by atoms with van der Waals surface area (Å²) in [4.78, 5) is 24.3. The fourth-order valence-electron chi connectivity index (χ4n) is 2.39. The van der Waals surface area contributed by atoms with Gasteiger partial charge in [0.15, 0.2) is 6.61 Å². The number of ether oxygens (including phenoxy) is 1. The molecule has 0 bridgehead atoms. The third-order valence-corrected chi connectivity index (χ3v) is 6.97. The van der Waals surface area contributed by atoms with E-state index in [2.05, 4.69) is 5.32 Å². The molecule has 0 fully saturated rings. The highest BCUT2D eigenvalue weighted by atomic mass is 35.5. The van der Waals surface area contributed by atoms with E-state index in [-0.39, 0.29) is 15.5 Å². The van der Waals surface area contributed by atoms with E-state index in [0.717, 1.165) is 10.4 Å². The fourth-order valence-corrected chi connectivity index (χ4v) is 3.82. The normalized spacial score (nSPS) is 12.5. The third kappa shape index (κ3) is 5.86. The van der Waals surface area contributed by atoms with Crippen LogP contribution in [0.4, 0.5) is 0 Å². The predicted octanol–water partition coefficient (Wildman–Crippen LogP) is 3.93. The Hall–Kier alpha value is -1.84. The van der Waals surface area contributed by atoms with Gasteiger partial charge in [-0.2, -0.15) is 0 Å². The summed E-state index contributed by atoms with van der Waals surface area (Å²) in [6, 6.07) is 8.19. The molecule has 2 aromatic carbocycles. The van der Waals surface area contributed by atoms with E-state index >= 15 is 0 Å². The van der Waals surface area contributed by atoms with Crippen molar-refractivity contribution < 1.29 is 22.7 Å². The van der Waals surface area contributed by atoms with Crippen molar-refractivity contribution in [2.24, 2.45) is 0 Å². The maximum absolute atomic E-state index is 12.3. The van der Waals surface area contributed by atoms with Crippen LogP contribution in [0.2, 0.25) is 15.1 Å². The largest absolute Gasteiger partial charge is 0.452 e. The molecule has 1 atom stereocenters. The number of hydrogen-bond acceptors (Lipinski definition) is 5. The molecule has 1 unspecified atom stereocenters. The molecule has 1 N–H and O–H groups in total. The summed E-state index contributed by atoms with van der Waals surface area (Å²) in [6.07, 6.45) is 0. The zero-order valence-electron chi connectivity index (χ0n) is 16.3. The van der Waals surface area contributed by atoms with Crippen molar-refractivity contribution in [3.05, 3.63) is 62.6 Å². The summed E-state index contributed by atoms with van der Waals surface area (Å²) in [5.74, 6) is -1.48. The number of amides is 1. The SMILES string of the molecule is CC(NC(=O)COC(=O)c1cc(S(=O)(=O)N(C)C)ccc1Cl)c1ccc(Cl)c(Cl)c1. The quantitative estimate of drug-likeness (QED) is 0.590. The van der Waals surface area contributed by atoms with E-state index in [1.165, 1.54) is 26.2 Å². The Bertz CT molecular complexity index is 1070. The highest BCUT2D eigenvalue weighted by Gasteiger charge is 2.22. The zero-order chi connectivity index (χ0) is 22.6. The predicted molar refractivity (Wildman–Crippen MR) is 116 cm³/mol. The first-order valence-electron chi connectivity index (χ1n) is 8.57. The molecule has 0 spiro atoms. The molecule has 0 aliphatic carbocycles. The van der Waals surface area contributed by atoms with Gasteiger partial charge in [-0.25, -0.2) is 17.5 Å². The van der Waals surface area contributed by atoms with Gasteiger partial charge in [0, 0.05) is 14.1 Å². The molecule has 11 heteroatoms. The number of esters is 1. The second kappa shape index (κ2) is 9.98. The summed E-state index contributed by atoms with van der Waals surface area (Å²) in [6.45, 7) is 1.15. The molecule has 7 nitrogen and oxygen atoms in total. The number of carbonyl (C=O) groups excluding carboxylic acids is 2. The molecular weight excluding hydrogens is 475 g/mol. The van der Waals surface area contributed by atoms with Gasteiger partial charge in [0.25, 0.3) is 5.91 Å². The molecular formula is C19H19Cl3N2O5S. The van der Waals surface area contributed by atoms with E-state index in [4.69, 9.17) is 39.5 Å². The van der Waals surface area contributed by atoms with Crippen LogP contribution in [-0.2, 0) is 19.6 Å². The lowest BCUT2D eigenvalue weighted by molar-refractivity contribution is -0.124. The number of rotatable bonds is 7. The van der Waals surface area contributed by atoms with Crippen LogP contribution in [0.5, 0.6) is 0 Å². The van der Waals surface area contributed by atoms with Crippen molar-refractivity contribution in [1.29, 1.82) is 0 Å². The second-order valence-electron chi connectivity index (χ2n) is 6.47. The maximum Gasteiger partial charge on any atom is 0.340 e. The van der Waals surface area contributed by atoms with Gasteiger partial charge in [-0.3, -0.25) is 4.79 Å². The van der Waals surface area contributed by atoms with Crippen LogP contribution in [0.1, 0.15) is 28.9 Å². The minimum Gasteiger partial charge on any atom is -0.452 e. The van der Waals surface area contributed by atoms with Crippen LogP contribution in [0.3, 0.4) is 0 Å². The summed E-state index contributed by atoms with van der Waals surface area (Å²) in [5.41, 5.74) is 0.554. The van der Waals surface area contributed by atoms with Crippen molar-refractivity contribution in [3.8, 4) is 0 Å². The average Bonchev–Trinajstić information content (AvgIpc) is 2.68. The number of hydrogen-bond donors (Lipinski definition) is 1. The second-order valence-corrected chi connectivity index (χ2v) is 9.84. The molecule has 0 aromatic heterocycles. The van der Waals surface area contributed by atoms with E-state index in [1.54, 1.807) is 25.1 Å².